The number of nitrogens with one attached hydrogen (secondary N) is 1. The molecule has 0 spiro atoms. The SMILES string of the molecule is CC(C)CO[C@H]1[C@@H](OC=O)[C@](C#N)(c2ccc3c(N)ncnn23)O[C@@H]1COP(=O)(N[C@@H](C)C(=O)O[C@H]1CCOC1)Oc1ccc(C(C)(C)C)cc1. The monoisotopic (exact) mass is 728 g/mol. The molecular weight excluding hydrogens is 683 g/mol. The molecule has 17 heteroatoms. The number of rotatable bonds is 15. The lowest BCUT2D eigenvalue weighted by molar-refractivity contribution is -0.150. The highest BCUT2D eigenvalue weighted by Crippen LogP contribution is 2.48. The second-order valence-electron chi connectivity index (χ2n) is 13.9. The van der Waals surface area contributed by atoms with Crippen molar-refractivity contribution in [1.29, 1.82) is 5.26 Å². The van der Waals surface area contributed by atoms with Gasteiger partial charge in [-0.3, -0.25) is 14.1 Å². The van der Waals surface area contributed by atoms with Crippen LogP contribution in [0.3, 0.4) is 0 Å². The maximum atomic E-state index is 14.6. The van der Waals surface area contributed by atoms with Crippen molar-refractivity contribution in [3.05, 3.63) is 54.0 Å². The van der Waals surface area contributed by atoms with Crippen LogP contribution in [0.2, 0.25) is 0 Å². The number of nitrogen functional groups attached to an aromatic ring is 1. The summed E-state index contributed by atoms with van der Waals surface area (Å²) in [5.41, 5.74) is 5.51. The zero-order chi connectivity index (χ0) is 37.0. The van der Waals surface area contributed by atoms with Crippen LogP contribution in [0, 0.1) is 17.2 Å². The van der Waals surface area contributed by atoms with Crippen LogP contribution in [-0.2, 0) is 53.4 Å². The smallest absolute Gasteiger partial charge is 0.459 e. The van der Waals surface area contributed by atoms with Crippen molar-refractivity contribution in [2.24, 2.45) is 5.92 Å². The Morgan fingerprint density at radius 1 is 1.24 bits per heavy atom. The Kier molecular flexibility index (Phi) is 11.7. The van der Waals surface area contributed by atoms with Crippen molar-refractivity contribution >= 4 is 31.5 Å². The van der Waals surface area contributed by atoms with E-state index in [9.17, 15) is 19.4 Å². The van der Waals surface area contributed by atoms with Crippen LogP contribution in [0.5, 0.6) is 5.75 Å². The largest absolute Gasteiger partial charge is 0.459 e. The van der Waals surface area contributed by atoms with Gasteiger partial charge in [0.2, 0.25) is 5.60 Å². The number of hydrogen-bond donors (Lipinski definition) is 2. The number of ether oxygens (including phenoxy) is 5. The quantitative estimate of drug-likeness (QED) is 0.130. The summed E-state index contributed by atoms with van der Waals surface area (Å²) in [5, 5.41) is 17.7. The van der Waals surface area contributed by atoms with Crippen molar-refractivity contribution in [2.45, 2.75) is 89.4 Å². The van der Waals surface area contributed by atoms with Crippen molar-refractivity contribution in [3.63, 3.8) is 0 Å². The molecule has 0 aliphatic carbocycles. The molecule has 16 nitrogen and oxygen atoms in total. The molecule has 0 saturated carbocycles. The Morgan fingerprint density at radius 2 is 1.98 bits per heavy atom. The number of anilines is 1. The number of fused-ring (bicyclic) bond motifs is 1. The molecule has 7 atom stereocenters. The van der Waals surface area contributed by atoms with Crippen LogP contribution in [0.15, 0.2) is 42.7 Å². The number of hydrogen-bond acceptors (Lipinski definition) is 14. The number of benzene rings is 1. The standard InChI is InChI=1S/C34H45N6O10P/c1-21(2)15-45-29-27(49-34(18-35,30(29)46-20-41)28-12-11-26-31(36)37-19-38-40(26)28)17-47-51(43,39-22(3)32(42)48-25-13-14-44-16-25)50-24-9-7-23(8-10-24)33(4,5)6/h7-12,19-22,25,27,29-30H,13-17H2,1-6H3,(H,39,43)(H2,36,37,38)/t22-,25-,27+,29+,30+,34-,51?/m0/s1. The molecule has 0 amide bonds. The summed E-state index contributed by atoms with van der Waals surface area (Å²) in [4.78, 5) is 28.9. The van der Waals surface area contributed by atoms with Crippen LogP contribution in [-0.4, -0.2) is 83.9 Å². The normalized spacial score (nSPS) is 25.3. The highest BCUT2D eigenvalue weighted by Gasteiger charge is 2.61. The Morgan fingerprint density at radius 3 is 2.61 bits per heavy atom. The number of esters is 1. The van der Waals surface area contributed by atoms with E-state index < -0.39 is 56.4 Å². The predicted octanol–water partition coefficient (Wildman–Crippen LogP) is 3.82. The van der Waals surface area contributed by atoms with Crippen molar-refractivity contribution < 1.29 is 46.9 Å². The van der Waals surface area contributed by atoms with Crippen LogP contribution in [0.4, 0.5) is 5.82 Å². The molecule has 3 aromatic rings. The molecule has 2 aromatic heterocycles. The number of aromatic nitrogens is 3. The summed E-state index contributed by atoms with van der Waals surface area (Å²) in [7, 11) is -4.41. The van der Waals surface area contributed by atoms with Crippen LogP contribution < -0.4 is 15.3 Å². The third-order valence-corrected chi connectivity index (χ3v) is 10.1. The second-order valence-corrected chi connectivity index (χ2v) is 15.6. The third-order valence-electron chi connectivity index (χ3n) is 8.49. The van der Waals surface area contributed by atoms with Crippen molar-refractivity contribution in [3.8, 4) is 11.8 Å². The maximum absolute atomic E-state index is 14.6. The van der Waals surface area contributed by atoms with E-state index in [2.05, 4.69) is 42.0 Å². The van der Waals surface area contributed by atoms with Gasteiger partial charge in [-0.2, -0.15) is 15.4 Å². The highest BCUT2D eigenvalue weighted by molar-refractivity contribution is 7.52. The minimum atomic E-state index is -4.41. The van der Waals surface area contributed by atoms with Crippen LogP contribution in [0.1, 0.15) is 59.2 Å². The molecule has 0 radical (unpaired) electrons. The topological polar surface area (TPSA) is 208 Å². The summed E-state index contributed by atoms with van der Waals surface area (Å²) in [5.74, 6) is -0.295. The fourth-order valence-corrected chi connectivity index (χ4v) is 7.33. The molecule has 0 bridgehead atoms. The van der Waals surface area contributed by atoms with Crippen LogP contribution in [0.25, 0.3) is 5.52 Å². The van der Waals surface area contributed by atoms with E-state index in [-0.39, 0.29) is 48.3 Å². The molecule has 1 aromatic carbocycles. The Balaban J connectivity index is 1.47. The molecule has 2 aliphatic heterocycles. The number of carbonyl (C=O) groups excluding carboxylic acids is 2. The first-order chi connectivity index (χ1) is 24.2. The molecule has 2 aliphatic rings. The molecule has 276 valence electrons. The van der Waals surface area contributed by atoms with E-state index in [4.69, 9.17) is 38.5 Å². The van der Waals surface area contributed by atoms with Gasteiger partial charge < -0.3 is 33.9 Å². The number of nitrogens with zero attached hydrogens (tertiary/aromatic N) is 4. The zero-order valence-corrected chi connectivity index (χ0v) is 30.4. The Bertz CT molecular complexity index is 1770. The fraction of sp³-hybridized carbons (Fsp3) is 0.559. The van der Waals surface area contributed by atoms with Gasteiger partial charge in [0.15, 0.2) is 11.9 Å². The first kappa shape index (κ1) is 38.1. The predicted molar refractivity (Wildman–Crippen MR) is 182 cm³/mol. The van der Waals surface area contributed by atoms with E-state index in [1.165, 1.54) is 17.8 Å². The third kappa shape index (κ3) is 8.52. The minimum Gasteiger partial charge on any atom is -0.459 e. The molecule has 5 rings (SSSR count). The summed E-state index contributed by atoms with van der Waals surface area (Å²) >= 11 is 0. The lowest BCUT2D eigenvalue weighted by Gasteiger charge is -2.28. The van der Waals surface area contributed by atoms with Gasteiger partial charge in [-0.1, -0.05) is 46.8 Å². The molecular formula is C34H45N6O10P. The lowest BCUT2D eigenvalue weighted by Crippen LogP contribution is -2.44. The molecule has 4 heterocycles. The first-order valence-electron chi connectivity index (χ1n) is 16.7. The van der Waals surface area contributed by atoms with E-state index in [1.807, 2.05) is 26.0 Å². The fourth-order valence-electron chi connectivity index (χ4n) is 5.83. The lowest BCUT2D eigenvalue weighted by atomic mass is 9.87. The maximum Gasteiger partial charge on any atom is 0.459 e. The van der Waals surface area contributed by atoms with Crippen LogP contribution >= 0.6 is 7.75 Å². The van der Waals surface area contributed by atoms with Gasteiger partial charge in [-0.05, 0) is 48.1 Å². The van der Waals surface area contributed by atoms with Gasteiger partial charge >= 0.3 is 13.7 Å². The van der Waals surface area contributed by atoms with Gasteiger partial charge in [-0.15, -0.1) is 0 Å². The van der Waals surface area contributed by atoms with Gasteiger partial charge in [-0.25, -0.2) is 14.1 Å². The summed E-state index contributed by atoms with van der Waals surface area (Å²) in [6, 6.07) is 11.2. The average molecular weight is 729 g/mol. The molecule has 2 fully saturated rings. The summed E-state index contributed by atoms with van der Waals surface area (Å²) < 4.78 is 56.9. The van der Waals surface area contributed by atoms with E-state index in [0.717, 1.165) is 5.56 Å². The number of carbonyl (C=O) groups is 2. The van der Waals surface area contributed by atoms with Gasteiger partial charge in [0.25, 0.3) is 6.47 Å². The molecule has 51 heavy (non-hydrogen) atoms. The summed E-state index contributed by atoms with van der Waals surface area (Å²) in [6.45, 7) is 12.1. The van der Waals surface area contributed by atoms with Gasteiger partial charge in [0.05, 0.1) is 25.5 Å². The minimum absolute atomic E-state index is 0.0338. The van der Waals surface area contributed by atoms with E-state index >= 15 is 0 Å². The average Bonchev–Trinajstić information content (AvgIpc) is 3.82. The van der Waals surface area contributed by atoms with Gasteiger partial charge in [0.1, 0.15) is 48.0 Å². The Hall–Kier alpha value is -4.10. The Labute approximate surface area is 296 Å². The second kappa shape index (κ2) is 15.6. The van der Waals surface area contributed by atoms with E-state index in [0.29, 0.717) is 18.5 Å². The van der Waals surface area contributed by atoms with E-state index in [1.54, 1.807) is 24.3 Å². The van der Waals surface area contributed by atoms with Gasteiger partial charge in [0, 0.05) is 13.0 Å². The first-order valence-corrected chi connectivity index (χ1v) is 18.2. The molecule has 1 unspecified atom stereocenters. The molecule has 2 saturated heterocycles. The van der Waals surface area contributed by atoms with Crippen molar-refractivity contribution in [1.82, 2.24) is 19.7 Å². The highest BCUT2D eigenvalue weighted by atomic mass is 31.2. The zero-order valence-electron chi connectivity index (χ0n) is 29.5. The number of nitriles is 1. The number of nitrogens with two attached hydrogens (primary N) is 1. The summed E-state index contributed by atoms with van der Waals surface area (Å²) in [6.07, 6.45) is -2.25. The molecule has 3 N–H and O–H groups in total. The van der Waals surface area contributed by atoms with Crippen molar-refractivity contribution in [2.75, 3.05) is 32.2 Å².